The van der Waals surface area contributed by atoms with Crippen molar-refractivity contribution >= 4 is 0 Å². The van der Waals surface area contributed by atoms with E-state index < -0.39 is 0 Å². The SMILES string of the molecule is COc1c(C)cc2c(c1C1CCCCN1)CCO2. The molecular weight excluding hydrogens is 226 g/mol. The van der Waals surface area contributed by atoms with Crippen molar-refractivity contribution in [3.05, 3.63) is 22.8 Å². The van der Waals surface area contributed by atoms with Gasteiger partial charge in [0, 0.05) is 23.6 Å². The minimum atomic E-state index is 0.434. The summed E-state index contributed by atoms with van der Waals surface area (Å²) in [6, 6.07) is 2.55. The van der Waals surface area contributed by atoms with Crippen LogP contribution in [0, 0.1) is 6.92 Å². The van der Waals surface area contributed by atoms with Gasteiger partial charge in [-0.3, -0.25) is 0 Å². The van der Waals surface area contributed by atoms with Crippen LogP contribution in [0.1, 0.15) is 42.0 Å². The first kappa shape index (κ1) is 11.8. The average molecular weight is 247 g/mol. The van der Waals surface area contributed by atoms with Gasteiger partial charge in [-0.15, -0.1) is 0 Å². The largest absolute Gasteiger partial charge is 0.496 e. The van der Waals surface area contributed by atoms with Gasteiger partial charge < -0.3 is 14.8 Å². The number of aryl methyl sites for hydroxylation is 1. The van der Waals surface area contributed by atoms with E-state index in [-0.39, 0.29) is 0 Å². The van der Waals surface area contributed by atoms with Crippen LogP contribution >= 0.6 is 0 Å². The third-order valence-electron chi connectivity index (χ3n) is 4.05. The summed E-state index contributed by atoms with van der Waals surface area (Å²) >= 11 is 0. The number of hydrogen-bond donors (Lipinski definition) is 1. The lowest BCUT2D eigenvalue weighted by Crippen LogP contribution is -2.28. The van der Waals surface area contributed by atoms with Gasteiger partial charge in [0.05, 0.1) is 13.7 Å². The fraction of sp³-hybridized carbons (Fsp3) is 0.600. The molecule has 0 aromatic heterocycles. The van der Waals surface area contributed by atoms with E-state index in [1.54, 1.807) is 7.11 Å². The van der Waals surface area contributed by atoms with Crippen molar-refractivity contribution in [1.82, 2.24) is 5.32 Å². The number of methoxy groups -OCH3 is 1. The van der Waals surface area contributed by atoms with Crippen molar-refractivity contribution in [2.24, 2.45) is 0 Å². The van der Waals surface area contributed by atoms with Crippen molar-refractivity contribution in [3.63, 3.8) is 0 Å². The molecular formula is C15H21NO2. The van der Waals surface area contributed by atoms with E-state index >= 15 is 0 Å². The van der Waals surface area contributed by atoms with Gasteiger partial charge in [-0.05, 0) is 37.9 Å². The Morgan fingerprint density at radius 3 is 3.00 bits per heavy atom. The van der Waals surface area contributed by atoms with Gasteiger partial charge >= 0.3 is 0 Å². The van der Waals surface area contributed by atoms with Gasteiger partial charge in [-0.25, -0.2) is 0 Å². The van der Waals surface area contributed by atoms with E-state index in [4.69, 9.17) is 9.47 Å². The molecule has 2 heterocycles. The second-order valence-corrected chi connectivity index (χ2v) is 5.22. The number of piperidine rings is 1. The van der Waals surface area contributed by atoms with Gasteiger partial charge in [-0.1, -0.05) is 6.42 Å². The lowest BCUT2D eigenvalue weighted by atomic mass is 9.90. The molecule has 1 saturated heterocycles. The van der Waals surface area contributed by atoms with Crippen LogP contribution in [0.5, 0.6) is 11.5 Å². The topological polar surface area (TPSA) is 30.5 Å². The molecule has 1 N–H and O–H groups in total. The van der Waals surface area contributed by atoms with Gasteiger partial charge in [0.15, 0.2) is 0 Å². The van der Waals surface area contributed by atoms with Crippen molar-refractivity contribution in [1.29, 1.82) is 0 Å². The average Bonchev–Trinajstić information content (AvgIpc) is 2.85. The molecule has 3 heteroatoms. The Morgan fingerprint density at radius 1 is 1.39 bits per heavy atom. The summed E-state index contributed by atoms with van der Waals surface area (Å²) in [5.74, 6) is 2.12. The highest BCUT2D eigenvalue weighted by Crippen LogP contribution is 2.42. The second-order valence-electron chi connectivity index (χ2n) is 5.22. The summed E-state index contributed by atoms with van der Waals surface area (Å²) in [4.78, 5) is 0. The molecule has 0 aliphatic carbocycles. The highest BCUT2D eigenvalue weighted by atomic mass is 16.5. The molecule has 1 fully saturated rings. The highest BCUT2D eigenvalue weighted by molar-refractivity contribution is 5.56. The predicted molar refractivity (Wildman–Crippen MR) is 71.5 cm³/mol. The van der Waals surface area contributed by atoms with Crippen LogP contribution in [-0.2, 0) is 6.42 Å². The number of hydrogen-bond acceptors (Lipinski definition) is 3. The van der Waals surface area contributed by atoms with Crippen LogP contribution in [0.2, 0.25) is 0 Å². The Labute approximate surface area is 108 Å². The van der Waals surface area contributed by atoms with E-state index in [2.05, 4.69) is 18.3 Å². The van der Waals surface area contributed by atoms with Crippen LogP contribution < -0.4 is 14.8 Å². The fourth-order valence-corrected chi connectivity index (χ4v) is 3.22. The second kappa shape index (κ2) is 4.81. The molecule has 1 unspecified atom stereocenters. The molecule has 0 saturated carbocycles. The van der Waals surface area contributed by atoms with E-state index in [1.165, 1.54) is 36.0 Å². The molecule has 3 nitrogen and oxygen atoms in total. The lowest BCUT2D eigenvalue weighted by molar-refractivity contribution is 0.355. The smallest absolute Gasteiger partial charge is 0.127 e. The van der Waals surface area contributed by atoms with Crippen molar-refractivity contribution < 1.29 is 9.47 Å². The standard InChI is InChI=1S/C15H21NO2/c1-10-9-13-11(6-8-18-13)14(15(10)17-2)12-5-3-4-7-16-12/h9,12,16H,3-8H2,1-2H3. The zero-order valence-electron chi connectivity index (χ0n) is 11.2. The molecule has 0 spiro atoms. The number of rotatable bonds is 2. The number of benzene rings is 1. The van der Waals surface area contributed by atoms with Crippen molar-refractivity contribution in [2.45, 2.75) is 38.6 Å². The monoisotopic (exact) mass is 247 g/mol. The molecule has 1 aromatic carbocycles. The Kier molecular flexibility index (Phi) is 3.16. The Bertz CT molecular complexity index is 447. The summed E-state index contributed by atoms with van der Waals surface area (Å²) in [5, 5.41) is 3.63. The molecule has 1 aromatic rings. The third-order valence-corrected chi connectivity index (χ3v) is 4.05. The van der Waals surface area contributed by atoms with Crippen molar-refractivity contribution in [2.75, 3.05) is 20.3 Å². The van der Waals surface area contributed by atoms with Crippen molar-refractivity contribution in [3.8, 4) is 11.5 Å². The molecule has 0 amide bonds. The first-order valence-corrected chi connectivity index (χ1v) is 6.88. The normalized spacial score (nSPS) is 22.4. The third kappa shape index (κ3) is 1.87. The molecule has 3 rings (SSSR count). The van der Waals surface area contributed by atoms with Gasteiger partial charge in [0.25, 0.3) is 0 Å². The Morgan fingerprint density at radius 2 is 2.28 bits per heavy atom. The van der Waals surface area contributed by atoms with Gasteiger partial charge in [0.2, 0.25) is 0 Å². The first-order valence-electron chi connectivity index (χ1n) is 6.88. The maximum absolute atomic E-state index is 5.73. The van der Waals surface area contributed by atoms with E-state index in [0.29, 0.717) is 6.04 Å². The minimum absolute atomic E-state index is 0.434. The van der Waals surface area contributed by atoms with E-state index in [1.807, 2.05) is 0 Å². The molecule has 1 atom stereocenters. The fourth-order valence-electron chi connectivity index (χ4n) is 3.22. The molecule has 2 aliphatic heterocycles. The molecule has 0 radical (unpaired) electrons. The maximum atomic E-state index is 5.73. The number of nitrogens with one attached hydrogen (secondary N) is 1. The molecule has 0 bridgehead atoms. The van der Waals surface area contributed by atoms with Crippen LogP contribution in [-0.4, -0.2) is 20.3 Å². The highest BCUT2D eigenvalue weighted by Gasteiger charge is 2.28. The number of fused-ring (bicyclic) bond motifs is 1. The van der Waals surface area contributed by atoms with Gasteiger partial charge in [-0.2, -0.15) is 0 Å². The summed E-state index contributed by atoms with van der Waals surface area (Å²) in [5.41, 5.74) is 3.89. The van der Waals surface area contributed by atoms with Crippen LogP contribution in [0.25, 0.3) is 0 Å². The van der Waals surface area contributed by atoms with Gasteiger partial charge in [0.1, 0.15) is 11.5 Å². The Balaban J connectivity index is 2.09. The zero-order valence-corrected chi connectivity index (χ0v) is 11.2. The predicted octanol–water partition coefficient (Wildman–Crippen LogP) is 2.75. The quantitative estimate of drug-likeness (QED) is 0.871. The molecule has 98 valence electrons. The number of ether oxygens (including phenoxy) is 2. The summed E-state index contributed by atoms with van der Waals surface area (Å²) in [6.07, 6.45) is 4.79. The minimum Gasteiger partial charge on any atom is -0.496 e. The van der Waals surface area contributed by atoms with Crippen LogP contribution in [0.3, 0.4) is 0 Å². The molecule has 2 aliphatic rings. The molecule has 18 heavy (non-hydrogen) atoms. The lowest BCUT2D eigenvalue weighted by Gasteiger charge is -2.28. The summed E-state index contributed by atoms with van der Waals surface area (Å²) in [7, 11) is 1.77. The first-order chi connectivity index (χ1) is 8.81. The summed E-state index contributed by atoms with van der Waals surface area (Å²) in [6.45, 7) is 4.02. The Hall–Kier alpha value is -1.22. The van der Waals surface area contributed by atoms with E-state index in [0.717, 1.165) is 31.1 Å². The van der Waals surface area contributed by atoms with Crippen LogP contribution in [0.4, 0.5) is 0 Å². The maximum Gasteiger partial charge on any atom is 0.127 e. The summed E-state index contributed by atoms with van der Waals surface area (Å²) < 4.78 is 11.4. The van der Waals surface area contributed by atoms with Crippen LogP contribution in [0.15, 0.2) is 6.07 Å². The van der Waals surface area contributed by atoms with E-state index in [9.17, 15) is 0 Å². The zero-order chi connectivity index (χ0) is 12.5.